The van der Waals surface area contributed by atoms with E-state index in [-0.39, 0.29) is 16.4 Å². The lowest BCUT2D eigenvalue weighted by atomic mass is 9.87. The minimum atomic E-state index is -0.206. The number of hydrogen-bond acceptors (Lipinski definition) is 8. The summed E-state index contributed by atoms with van der Waals surface area (Å²) in [5, 5.41) is 15.1. The molecule has 4 aromatic rings. The number of thioether (sulfide) groups is 1. The number of benzene rings is 2. The molecule has 192 valence electrons. The van der Waals surface area contributed by atoms with Gasteiger partial charge in [-0.05, 0) is 66.6 Å². The van der Waals surface area contributed by atoms with Gasteiger partial charge in [-0.25, -0.2) is 4.98 Å². The summed E-state index contributed by atoms with van der Waals surface area (Å²) in [4.78, 5) is 34.5. The average molecular weight is 527 g/mol. The number of para-hydroxylation sites is 1. The standard InChI is InChI=1S/C28H26N6O3S/c1-37-23-14-21(29-25-18(16-5-6-16)3-2-4-19(23)25)27(36)34-11-9-28(10-12-34)15-22(35)20-13-17(7-8-24(20)38-28)26-30-32-33-31-26/h2-4,7-8,13-14,16H,5-6,9-12,15H2,1H3,(H,30,31,32,33). The number of ketones is 1. The number of hydrogen-bond donors (Lipinski definition) is 1. The Labute approximate surface area is 223 Å². The number of fused-ring (bicyclic) bond motifs is 2. The van der Waals surface area contributed by atoms with Crippen LogP contribution in [0.1, 0.15) is 64.4 Å². The average Bonchev–Trinajstić information content (AvgIpc) is 3.64. The zero-order chi connectivity index (χ0) is 25.9. The molecule has 3 aliphatic rings. The van der Waals surface area contributed by atoms with Crippen LogP contribution in [0.2, 0.25) is 0 Å². The zero-order valence-electron chi connectivity index (χ0n) is 20.9. The fourth-order valence-electron chi connectivity index (χ4n) is 5.72. The van der Waals surface area contributed by atoms with Gasteiger partial charge in [0.2, 0.25) is 5.82 Å². The Bertz CT molecular complexity index is 1580. The van der Waals surface area contributed by atoms with Crippen molar-refractivity contribution in [2.75, 3.05) is 20.2 Å². The number of rotatable bonds is 4. The maximum absolute atomic E-state index is 13.6. The Balaban J connectivity index is 1.11. The van der Waals surface area contributed by atoms with Crippen LogP contribution in [0.5, 0.6) is 5.75 Å². The van der Waals surface area contributed by atoms with E-state index in [0.29, 0.717) is 48.3 Å². The number of H-pyrrole nitrogens is 1. The molecule has 2 aliphatic heterocycles. The maximum atomic E-state index is 13.6. The smallest absolute Gasteiger partial charge is 0.272 e. The van der Waals surface area contributed by atoms with E-state index < -0.39 is 0 Å². The third kappa shape index (κ3) is 3.94. The highest BCUT2D eigenvalue weighted by molar-refractivity contribution is 8.01. The Morgan fingerprint density at radius 2 is 2.00 bits per heavy atom. The number of likely N-dealkylation sites (tertiary alicyclic amines) is 1. The van der Waals surface area contributed by atoms with Crippen molar-refractivity contribution in [1.82, 2.24) is 30.5 Å². The number of nitrogens with one attached hydrogen (secondary N) is 1. The lowest BCUT2D eigenvalue weighted by molar-refractivity contribution is 0.0690. The first-order valence-electron chi connectivity index (χ1n) is 12.9. The van der Waals surface area contributed by atoms with Crippen LogP contribution in [0, 0.1) is 0 Å². The molecule has 2 fully saturated rings. The van der Waals surface area contributed by atoms with Gasteiger partial charge < -0.3 is 9.64 Å². The van der Waals surface area contributed by atoms with Crippen molar-refractivity contribution in [3.63, 3.8) is 0 Å². The highest BCUT2D eigenvalue weighted by Gasteiger charge is 2.43. The van der Waals surface area contributed by atoms with Crippen molar-refractivity contribution in [3.05, 3.63) is 59.3 Å². The van der Waals surface area contributed by atoms with Gasteiger partial charge in [0.05, 0.1) is 12.6 Å². The van der Waals surface area contributed by atoms with E-state index in [2.05, 4.69) is 26.7 Å². The van der Waals surface area contributed by atoms with Gasteiger partial charge in [0.25, 0.3) is 5.91 Å². The van der Waals surface area contributed by atoms with Gasteiger partial charge in [-0.1, -0.05) is 12.1 Å². The van der Waals surface area contributed by atoms with Gasteiger partial charge in [-0.3, -0.25) is 9.59 Å². The number of tetrazole rings is 1. The molecule has 1 N–H and O–H groups in total. The van der Waals surface area contributed by atoms with Crippen LogP contribution < -0.4 is 4.74 Å². The lowest BCUT2D eigenvalue weighted by Crippen LogP contribution is -2.47. The van der Waals surface area contributed by atoms with Crippen molar-refractivity contribution in [2.45, 2.75) is 47.7 Å². The highest BCUT2D eigenvalue weighted by Crippen LogP contribution is 2.50. The molecule has 1 aliphatic carbocycles. The molecule has 38 heavy (non-hydrogen) atoms. The predicted molar refractivity (Wildman–Crippen MR) is 143 cm³/mol. The number of ether oxygens (including phenoxy) is 1. The summed E-state index contributed by atoms with van der Waals surface area (Å²) < 4.78 is 5.46. The third-order valence-corrected chi connectivity index (χ3v) is 9.51. The Morgan fingerprint density at radius 1 is 1.16 bits per heavy atom. The quantitative estimate of drug-likeness (QED) is 0.409. The van der Waals surface area contributed by atoms with Crippen molar-refractivity contribution in [3.8, 4) is 17.1 Å². The van der Waals surface area contributed by atoms with Gasteiger partial charge >= 0.3 is 0 Å². The Hall–Kier alpha value is -3.79. The molecule has 0 bridgehead atoms. The van der Waals surface area contributed by atoms with Crippen LogP contribution in [0.3, 0.4) is 0 Å². The Morgan fingerprint density at radius 3 is 2.74 bits per heavy atom. The van der Waals surface area contributed by atoms with E-state index in [1.165, 1.54) is 5.56 Å². The number of carbonyl (C=O) groups excluding carboxylic acids is 2. The highest BCUT2D eigenvalue weighted by atomic mass is 32.2. The van der Waals surface area contributed by atoms with Crippen LogP contribution in [-0.4, -0.2) is 67.1 Å². The zero-order valence-corrected chi connectivity index (χ0v) is 21.8. The molecule has 1 amide bonds. The molecule has 1 saturated heterocycles. The number of methoxy groups -OCH3 is 1. The normalized spacial score (nSPS) is 18.6. The number of nitrogens with zero attached hydrogens (tertiary/aromatic N) is 5. The monoisotopic (exact) mass is 526 g/mol. The first-order valence-corrected chi connectivity index (χ1v) is 13.7. The molecule has 2 aromatic carbocycles. The van der Waals surface area contributed by atoms with Crippen LogP contribution in [0.25, 0.3) is 22.3 Å². The second-order valence-corrected chi connectivity index (χ2v) is 11.9. The molecular weight excluding hydrogens is 500 g/mol. The molecule has 7 rings (SSSR count). The van der Waals surface area contributed by atoms with E-state index >= 15 is 0 Å². The first kappa shape index (κ1) is 23.3. The number of pyridine rings is 1. The topological polar surface area (TPSA) is 114 Å². The largest absolute Gasteiger partial charge is 0.496 e. The van der Waals surface area contributed by atoms with Gasteiger partial charge in [-0.15, -0.1) is 22.0 Å². The molecule has 0 radical (unpaired) electrons. The molecule has 10 heteroatoms. The van der Waals surface area contributed by atoms with Crippen molar-refractivity contribution in [1.29, 1.82) is 0 Å². The molecule has 0 atom stereocenters. The van der Waals surface area contributed by atoms with E-state index in [0.717, 1.165) is 47.0 Å². The summed E-state index contributed by atoms with van der Waals surface area (Å²) in [6, 6.07) is 13.7. The second kappa shape index (κ2) is 8.90. The summed E-state index contributed by atoms with van der Waals surface area (Å²) in [6.07, 6.45) is 4.27. The molecule has 0 unspecified atom stereocenters. The van der Waals surface area contributed by atoms with Crippen LogP contribution in [-0.2, 0) is 0 Å². The summed E-state index contributed by atoms with van der Waals surface area (Å²) in [7, 11) is 1.64. The van der Waals surface area contributed by atoms with Gasteiger partial charge in [0, 0.05) is 51.7 Å². The molecule has 1 spiro atoms. The van der Waals surface area contributed by atoms with Gasteiger partial charge in [-0.2, -0.15) is 5.21 Å². The molecule has 9 nitrogen and oxygen atoms in total. The van der Waals surface area contributed by atoms with Crippen LogP contribution in [0.4, 0.5) is 0 Å². The summed E-state index contributed by atoms with van der Waals surface area (Å²) in [5.41, 5.74) is 3.97. The fourth-order valence-corrected chi connectivity index (χ4v) is 7.19. The van der Waals surface area contributed by atoms with E-state index in [1.807, 2.05) is 35.2 Å². The van der Waals surface area contributed by atoms with Crippen molar-refractivity contribution < 1.29 is 14.3 Å². The first-order chi connectivity index (χ1) is 18.5. The number of aromatic nitrogens is 5. The summed E-state index contributed by atoms with van der Waals surface area (Å²) in [6.45, 7) is 1.17. The van der Waals surface area contributed by atoms with E-state index in [4.69, 9.17) is 9.72 Å². The second-order valence-electron chi connectivity index (χ2n) is 10.4. The minimum absolute atomic E-state index is 0.0806. The number of aromatic amines is 1. The molecular formula is C28H26N6O3S. The van der Waals surface area contributed by atoms with Crippen LogP contribution >= 0.6 is 11.8 Å². The maximum Gasteiger partial charge on any atom is 0.272 e. The molecule has 4 heterocycles. The van der Waals surface area contributed by atoms with Gasteiger partial charge in [0.15, 0.2) is 5.78 Å². The molecule has 1 saturated carbocycles. The third-order valence-electron chi connectivity index (χ3n) is 7.94. The number of carbonyl (C=O) groups is 2. The number of Topliss-reactive ketones (excluding diaryl/α,β-unsaturated/α-hetero) is 1. The van der Waals surface area contributed by atoms with Gasteiger partial charge in [0.1, 0.15) is 11.4 Å². The SMILES string of the molecule is COc1cc(C(=O)N2CCC3(CC2)CC(=O)c2cc(-c4nn[nH]n4)ccc2S3)nc2c(C3CC3)cccc12. The Kier molecular flexibility index (Phi) is 5.47. The van der Waals surface area contributed by atoms with E-state index in [9.17, 15) is 9.59 Å². The summed E-state index contributed by atoms with van der Waals surface area (Å²) >= 11 is 1.76. The summed E-state index contributed by atoms with van der Waals surface area (Å²) in [5.74, 6) is 1.71. The predicted octanol–water partition coefficient (Wildman–Crippen LogP) is 4.65. The number of amides is 1. The van der Waals surface area contributed by atoms with E-state index in [1.54, 1.807) is 24.9 Å². The number of piperidine rings is 1. The lowest BCUT2D eigenvalue weighted by Gasteiger charge is -2.43. The van der Waals surface area contributed by atoms with Crippen molar-refractivity contribution in [2.24, 2.45) is 0 Å². The fraction of sp³-hybridized carbons (Fsp3) is 0.357. The molecule has 2 aromatic heterocycles. The van der Waals surface area contributed by atoms with Crippen LogP contribution in [0.15, 0.2) is 47.4 Å². The minimum Gasteiger partial charge on any atom is -0.496 e. The van der Waals surface area contributed by atoms with Crippen molar-refractivity contribution >= 4 is 34.4 Å².